The monoisotopic (exact) mass is 265 g/mol. The summed E-state index contributed by atoms with van der Waals surface area (Å²) >= 11 is 0. The Hall–Kier alpha value is -1.42. The predicted molar refractivity (Wildman–Crippen MR) is 71.1 cm³/mol. The molecule has 1 unspecified atom stereocenters. The van der Waals surface area contributed by atoms with E-state index in [1.807, 2.05) is 6.92 Å². The van der Waals surface area contributed by atoms with Crippen LogP contribution in [0.25, 0.3) is 0 Å². The van der Waals surface area contributed by atoms with Gasteiger partial charge in [-0.2, -0.15) is 0 Å². The van der Waals surface area contributed by atoms with Gasteiger partial charge >= 0.3 is 5.97 Å². The highest BCUT2D eigenvalue weighted by atomic mass is 19.1. The van der Waals surface area contributed by atoms with Gasteiger partial charge in [-0.1, -0.05) is 6.07 Å². The highest BCUT2D eigenvalue weighted by Crippen LogP contribution is 2.48. The van der Waals surface area contributed by atoms with Crippen molar-refractivity contribution in [3.8, 4) is 0 Å². The van der Waals surface area contributed by atoms with Crippen molar-refractivity contribution >= 4 is 5.97 Å². The van der Waals surface area contributed by atoms with Gasteiger partial charge in [0.05, 0.1) is 12.5 Å². The minimum Gasteiger partial charge on any atom is -0.469 e. The van der Waals surface area contributed by atoms with Crippen LogP contribution in [0.2, 0.25) is 0 Å². The molecule has 0 heterocycles. The zero-order valence-electron chi connectivity index (χ0n) is 11.4. The zero-order chi connectivity index (χ0) is 14.0. The first-order chi connectivity index (χ1) is 9.03. The van der Waals surface area contributed by atoms with Crippen LogP contribution in [0.5, 0.6) is 0 Å². The van der Waals surface area contributed by atoms with Gasteiger partial charge in [0.1, 0.15) is 5.82 Å². The Morgan fingerprint density at radius 2 is 2.21 bits per heavy atom. The zero-order valence-corrected chi connectivity index (χ0v) is 11.4. The third-order valence-corrected chi connectivity index (χ3v) is 4.13. The number of nitrogens with two attached hydrogens (primary N) is 1. The molecule has 0 radical (unpaired) electrons. The number of aryl methyl sites for hydroxylation is 1. The molecule has 4 heteroatoms. The molecule has 104 valence electrons. The summed E-state index contributed by atoms with van der Waals surface area (Å²) in [5.74, 6) is -0.222. The molecule has 0 bridgehead atoms. The maximum Gasteiger partial charge on any atom is 0.313 e. The number of methoxy groups -OCH3 is 1. The highest BCUT2D eigenvalue weighted by molar-refractivity contribution is 5.78. The van der Waals surface area contributed by atoms with Crippen molar-refractivity contribution in [2.24, 2.45) is 17.1 Å². The number of hydrogen-bond donors (Lipinski definition) is 1. The van der Waals surface area contributed by atoms with Crippen LogP contribution in [-0.4, -0.2) is 19.6 Å². The number of carbonyl (C=O) groups excluding carboxylic acids is 1. The van der Waals surface area contributed by atoms with E-state index in [1.165, 1.54) is 19.2 Å². The Morgan fingerprint density at radius 3 is 2.68 bits per heavy atom. The fourth-order valence-electron chi connectivity index (χ4n) is 2.74. The Morgan fingerprint density at radius 1 is 1.53 bits per heavy atom. The second-order valence-electron chi connectivity index (χ2n) is 5.37. The van der Waals surface area contributed by atoms with E-state index in [9.17, 15) is 9.18 Å². The number of carbonyl (C=O) groups is 1. The van der Waals surface area contributed by atoms with E-state index in [1.54, 1.807) is 6.07 Å². The molecule has 1 aliphatic rings. The smallest absolute Gasteiger partial charge is 0.313 e. The lowest BCUT2D eigenvalue weighted by atomic mass is 9.76. The van der Waals surface area contributed by atoms with Crippen molar-refractivity contribution in [2.45, 2.75) is 26.2 Å². The van der Waals surface area contributed by atoms with Gasteiger partial charge in [0.15, 0.2) is 0 Å². The Kier molecular flexibility index (Phi) is 3.90. The lowest BCUT2D eigenvalue weighted by molar-refractivity contribution is -0.153. The van der Waals surface area contributed by atoms with Gasteiger partial charge in [-0.05, 0) is 55.4 Å². The van der Waals surface area contributed by atoms with Crippen molar-refractivity contribution in [1.29, 1.82) is 0 Å². The second kappa shape index (κ2) is 5.29. The average Bonchev–Trinajstić information content (AvgIpc) is 3.22. The summed E-state index contributed by atoms with van der Waals surface area (Å²) in [6.45, 7) is 2.12. The predicted octanol–water partition coefficient (Wildman–Crippen LogP) is 2.20. The van der Waals surface area contributed by atoms with Crippen LogP contribution in [0.1, 0.15) is 24.0 Å². The SMILES string of the molecule is COC(=O)C(CN)(Cc1ccc(F)cc1C)C1CC1. The van der Waals surface area contributed by atoms with Crippen LogP contribution in [-0.2, 0) is 16.0 Å². The van der Waals surface area contributed by atoms with E-state index < -0.39 is 5.41 Å². The van der Waals surface area contributed by atoms with E-state index in [-0.39, 0.29) is 24.2 Å². The maximum atomic E-state index is 13.1. The summed E-state index contributed by atoms with van der Waals surface area (Å²) in [6.07, 6.45) is 2.53. The van der Waals surface area contributed by atoms with E-state index >= 15 is 0 Å². The first kappa shape index (κ1) is 14.0. The molecule has 0 aromatic heterocycles. The molecular weight excluding hydrogens is 245 g/mol. The molecular formula is C15H20FNO2. The lowest BCUT2D eigenvalue weighted by Gasteiger charge is -2.30. The molecule has 0 amide bonds. The van der Waals surface area contributed by atoms with Crippen LogP contribution in [0.15, 0.2) is 18.2 Å². The Balaban J connectivity index is 2.32. The molecule has 1 fully saturated rings. The summed E-state index contributed by atoms with van der Waals surface area (Å²) < 4.78 is 18.1. The third-order valence-electron chi connectivity index (χ3n) is 4.13. The van der Waals surface area contributed by atoms with Crippen molar-refractivity contribution in [2.75, 3.05) is 13.7 Å². The fourth-order valence-corrected chi connectivity index (χ4v) is 2.74. The first-order valence-electron chi connectivity index (χ1n) is 6.57. The van der Waals surface area contributed by atoms with Gasteiger partial charge in [-0.25, -0.2) is 4.39 Å². The van der Waals surface area contributed by atoms with Gasteiger partial charge < -0.3 is 10.5 Å². The average molecular weight is 265 g/mol. The maximum absolute atomic E-state index is 13.1. The number of benzene rings is 1. The molecule has 1 aliphatic carbocycles. The van der Waals surface area contributed by atoms with Crippen LogP contribution < -0.4 is 5.73 Å². The minimum atomic E-state index is -0.655. The number of esters is 1. The van der Waals surface area contributed by atoms with E-state index in [4.69, 9.17) is 10.5 Å². The van der Waals surface area contributed by atoms with Gasteiger partial charge in [0, 0.05) is 6.54 Å². The second-order valence-corrected chi connectivity index (χ2v) is 5.37. The molecule has 2 N–H and O–H groups in total. The summed E-state index contributed by atoms with van der Waals surface area (Å²) in [4.78, 5) is 12.2. The summed E-state index contributed by atoms with van der Waals surface area (Å²) in [6, 6.07) is 4.65. The van der Waals surface area contributed by atoms with Crippen molar-refractivity contribution in [3.63, 3.8) is 0 Å². The van der Waals surface area contributed by atoms with Gasteiger partial charge in [-0.3, -0.25) is 4.79 Å². The molecule has 3 nitrogen and oxygen atoms in total. The third kappa shape index (κ3) is 2.63. The highest BCUT2D eigenvalue weighted by Gasteiger charge is 2.50. The molecule has 19 heavy (non-hydrogen) atoms. The van der Waals surface area contributed by atoms with Crippen molar-refractivity contribution in [3.05, 3.63) is 35.1 Å². The van der Waals surface area contributed by atoms with Gasteiger partial charge in [0.25, 0.3) is 0 Å². The molecule has 0 spiro atoms. The largest absolute Gasteiger partial charge is 0.469 e. The van der Waals surface area contributed by atoms with E-state index in [0.29, 0.717) is 6.42 Å². The van der Waals surface area contributed by atoms with Crippen molar-refractivity contribution < 1.29 is 13.9 Å². The Labute approximate surface area is 112 Å². The summed E-state index contributed by atoms with van der Waals surface area (Å²) in [5.41, 5.74) is 7.03. The normalized spacial score (nSPS) is 17.9. The van der Waals surface area contributed by atoms with Gasteiger partial charge in [0.2, 0.25) is 0 Å². The molecule has 1 aromatic carbocycles. The molecule has 1 aromatic rings. The van der Waals surface area contributed by atoms with Crippen LogP contribution >= 0.6 is 0 Å². The quantitative estimate of drug-likeness (QED) is 0.830. The first-order valence-corrected chi connectivity index (χ1v) is 6.57. The van der Waals surface area contributed by atoms with Crippen LogP contribution in [0.3, 0.4) is 0 Å². The fraction of sp³-hybridized carbons (Fsp3) is 0.533. The Bertz CT molecular complexity index is 485. The van der Waals surface area contributed by atoms with E-state index in [2.05, 4.69) is 0 Å². The van der Waals surface area contributed by atoms with Crippen LogP contribution in [0.4, 0.5) is 4.39 Å². The number of hydrogen-bond acceptors (Lipinski definition) is 3. The molecule has 0 saturated heterocycles. The molecule has 0 aliphatic heterocycles. The molecule has 1 atom stereocenters. The summed E-state index contributed by atoms with van der Waals surface area (Å²) in [5, 5.41) is 0. The minimum absolute atomic E-state index is 0.249. The number of halogens is 1. The summed E-state index contributed by atoms with van der Waals surface area (Å²) in [7, 11) is 1.40. The van der Waals surface area contributed by atoms with Gasteiger partial charge in [-0.15, -0.1) is 0 Å². The van der Waals surface area contributed by atoms with Crippen LogP contribution in [0, 0.1) is 24.1 Å². The number of ether oxygens (including phenoxy) is 1. The molecule has 2 rings (SSSR count). The van der Waals surface area contributed by atoms with Crippen molar-refractivity contribution in [1.82, 2.24) is 0 Å². The number of rotatable bonds is 5. The topological polar surface area (TPSA) is 52.3 Å². The standard InChI is InChI=1S/C15H20FNO2/c1-10-7-13(16)6-3-11(10)8-15(9-17,12-4-5-12)14(18)19-2/h3,6-7,12H,4-5,8-9,17H2,1-2H3. The lowest BCUT2D eigenvalue weighted by Crippen LogP contribution is -2.43. The molecule has 1 saturated carbocycles. The van der Waals surface area contributed by atoms with E-state index in [0.717, 1.165) is 24.0 Å².